The van der Waals surface area contributed by atoms with Crippen molar-refractivity contribution in [3.8, 4) is 22.6 Å². The van der Waals surface area contributed by atoms with Gasteiger partial charge in [-0.1, -0.05) is 37.4 Å². The zero-order valence-electron chi connectivity index (χ0n) is 12.2. The summed E-state index contributed by atoms with van der Waals surface area (Å²) in [6.07, 6.45) is 5.59. The van der Waals surface area contributed by atoms with Crippen LogP contribution >= 0.6 is 0 Å². The molecule has 0 saturated heterocycles. The zero-order chi connectivity index (χ0) is 14.7. The van der Waals surface area contributed by atoms with Gasteiger partial charge in [-0.3, -0.25) is 0 Å². The maximum absolute atomic E-state index is 5.97. The van der Waals surface area contributed by atoms with E-state index in [1.54, 1.807) is 0 Å². The molecular formula is C16H20N2O3. The number of nitrogens with two attached hydrogens (primary N) is 1. The van der Waals surface area contributed by atoms with Crippen molar-refractivity contribution in [2.24, 2.45) is 0 Å². The Balaban J connectivity index is 1.82. The highest BCUT2D eigenvalue weighted by Crippen LogP contribution is 2.39. The van der Waals surface area contributed by atoms with E-state index in [0.717, 1.165) is 41.2 Å². The Hall–Kier alpha value is -2.17. The summed E-state index contributed by atoms with van der Waals surface area (Å²) in [4.78, 5) is 0. The van der Waals surface area contributed by atoms with Crippen LogP contribution in [0.15, 0.2) is 22.7 Å². The molecule has 112 valence electrons. The Kier molecular flexibility index (Phi) is 3.99. The van der Waals surface area contributed by atoms with Crippen LogP contribution in [0.4, 0.5) is 5.82 Å². The minimum Gasteiger partial charge on any atom is -0.454 e. The molecule has 3 rings (SSSR count). The summed E-state index contributed by atoms with van der Waals surface area (Å²) >= 11 is 0. The van der Waals surface area contributed by atoms with Crippen LogP contribution in [-0.2, 0) is 6.42 Å². The van der Waals surface area contributed by atoms with E-state index in [0.29, 0.717) is 5.82 Å². The number of rotatable bonds is 6. The second-order valence-electron chi connectivity index (χ2n) is 5.24. The number of aryl methyl sites for hydroxylation is 1. The van der Waals surface area contributed by atoms with Gasteiger partial charge in [-0.05, 0) is 24.1 Å². The molecular weight excluding hydrogens is 268 g/mol. The van der Waals surface area contributed by atoms with Crippen molar-refractivity contribution in [3.63, 3.8) is 0 Å². The van der Waals surface area contributed by atoms with Crippen LogP contribution in [0, 0.1) is 0 Å². The Morgan fingerprint density at radius 2 is 2.00 bits per heavy atom. The molecule has 0 aliphatic carbocycles. The van der Waals surface area contributed by atoms with E-state index in [2.05, 4.69) is 12.1 Å². The van der Waals surface area contributed by atoms with Crippen molar-refractivity contribution in [2.45, 2.75) is 39.0 Å². The van der Waals surface area contributed by atoms with Crippen molar-refractivity contribution in [1.82, 2.24) is 5.16 Å². The van der Waals surface area contributed by atoms with Crippen molar-refractivity contribution in [2.75, 3.05) is 12.5 Å². The monoisotopic (exact) mass is 288 g/mol. The molecule has 1 aliphatic heterocycles. The number of benzene rings is 1. The van der Waals surface area contributed by atoms with E-state index >= 15 is 0 Å². The summed E-state index contributed by atoms with van der Waals surface area (Å²) in [5, 5.41) is 3.92. The van der Waals surface area contributed by atoms with Gasteiger partial charge in [0.25, 0.3) is 0 Å². The number of ether oxygens (including phenoxy) is 2. The van der Waals surface area contributed by atoms with Crippen LogP contribution in [0.25, 0.3) is 11.1 Å². The second-order valence-corrected chi connectivity index (χ2v) is 5.24. The molecule has 1 aromatic carbocycles. The Labute approximate surface area is 124 Å². The summed E-state index contributed by atoms with van der Waals surface area (Å²) in [6.45, 7) is 2.46. The topological polar surface area (TPSA) is 70.5 Å². The van der Waals surface area contributed by atoms with Gasteiger partial charge in [0, 0.05) is 6.42 Å². The minimum atomic E-state index is 0.266. The van der Waals surface area contributed by atoms with Crippen molar-refractivity contribution in [3.05, 3.63) is 24.0 Å². The minimum absolute atomic E-state index is 0.266. The van der Waals surface area contributed by atoms with Gasteiger partial charge in [-0.25, -0.2) is 0 Å². The molecule has 0 fully saturated rings. The number of nitrogen functional groups attached to an aromatic ring is 1. The zero-order valence-corrected chi connectivity index (χ0v) is 12.2. The fourth-order valence-corrected chi connectivity index (χ4v) is 2.58. The molecule has 1 aliphatic rings. The Morgan fingerprint density at radius 3 is 2.86 bits per heavy atom. The van der Waals surface area contributed by atoms with Crippen LogP contribution in [0.3, 0.4) is 0 Å². The Morgan fingerprint density at radius 1 is 1.14 bits per heavy atom. The normalized spacial score (nSPS) is 12.8. The molecule has 21 heavy (non-hydrogen) atoms. The van der Waals surface area contributed by atoms with Crippen LogP contribution in [-0.4, -0.2) is 11.9 Å². The molecule has 0 bridgehead atoms. The van der Waals surface area contributed by atoms with Crippen molar-refractivity contribution >= 4 is 5.82 Å². The molecule has 5 heteroatoms. The Bertz CT molecular complexity index is 622. The highest BCUT2D eigenvalue weighted by atomic mass is 16.7. The number of unbranched alkanes of at least 4 members (excludes halogenated alkanes) is 3. The number of hydrogen-bond donors (Lipinski definition) is 1. The van der Waals surface area contributed by atoms with E-state index in [-0.39, 0.29) is 6.79 Å². The molecule has 0 atom stereocenters. The lowest BCUT2D eigenvalue weighted by atomic mass is 10.0. The lowest BCUT2D eigenvalue weighted by Crippen LogP contribution is -1.93. The van der Waals surface area contributed by atoms with E-state index in [1.165, 1.54) is 19.3 Å². The maximum Gasteiger partial charge on any atom is 0.231 e. The van der Waals surface area contributed by atoms with Crippen LogP contribution < -0.4 is 15.2 Å². The number of hydrogen-bond acceptors (Lipinski definition) is 5. The summed E-state index contributed by atoms with van der Waals surface area (Å²) < 4.78 is 16.1. The molecule has 0 unspecified atom stereocenters. The van der Waals surface area contributed by atoms with Crippen LogP contribution in [0.1, 0.15) is 38.4 Å². The smallest absolute Gasteiger partial charge is 0.231 e. The number of anilines is 1. The standard InChI is InChI=1S/C16H20N2O3/c1-2-3-4-5-6-13-15(16(17)18-21-13)11-7-8-12-14(9-11)20-10-19-12/h7-9H,2-6,10H2,1H3,(H2,17,18). The van der Waals surface area contributed by atoms with Gasteiger partial charge in [0.15, 0.2) is 17.3 Å². The molecule has 2 heterocycles. The van der Waals surface area contributed by atoms with Gasteiger partial charge in [-0.15, -0.1) is 0 Å². The number of nitrogens with zero attached hydrogens (tertiary/aromatic N) is 1. The largest absolute Gasteiger partial charge is 0.454 e. The lowest BCUT2D eigenvalue weighted by molar-refractivity contribution is 0.174. The fraction of sp³-hybridized carbons (Fsp3) is 0.438. The van der Waals surface area contributed by atoms with Crippen molar-refractivity contribution < 1.29 is 14.0 Å². The molecule has 2 N–H and O–H groups in total. The first kappa shape index (κ1) is 13.8. The quantitative estimate of drug-likeness (QED) is 0.819. The summed E-state index contributed by atoms with van der Waals surface area (Å²) in [6, 6.07) is 5.79. The predicted octanol–water partition coefficient (Wildman–Crippen LogP) is 3.78. The third-order valence-electron chi connectivity index (χ3n) is 3.71. The number of aromatic nitrogens is 1. The average molecular weight is 288 g/mol. The van der Waals surface area contributed by atoms with E-state index in [4.69, 9.17) is 19.7 Å². The molecule has 5 nitrogen and oxygen atoms in total. The molecule has 0 amide bonds. The van der Waals surface area contributed by atoms with Gasteiger partial charge >= 0.3 is 0 Å². The molecule has 0 saturated carbocycles. The van der Waals surface area contributed by atoms with Crippen molar-refractivity contribution in [1.29, 1.82) is 0 Å². The highest BCUT2D eigenvalue weighted by Gasteiger charge is 2.19. The van der Waals surface area contributed by atoms with Gasteiger partial charge < -0.3 is 19.7 Å². The average Bonchev–Trinajstić information content (AvgIpc) is 3.09. The molecule has 2 aromatic rings. The van der Waals surface area contributed by atoms with Gasteiger partial charge in [0.05, 0.1) is 5.56 Å². The fourth-order valence-electron chi connectivity index (χ4n) is 2.58. The van der Waals surface area contributed by atoms with Gasteiger partial charge in [-0.2, -0.15) is 0 Å². The van der Waals surface area contributed by atoms with Crippen LogP contribution in [0.5, 0.6) is 11.5 Å². The number of fused-ring (bicyclic) bond motifs is 1. The maximum atomic E-state index is 5.97. The van der Waals surface area contributed by atoms with Crippen LogP contribution in [0.2, 0.25) is 0 Å². The first-order valence-electron chi connectivity index (χ1n) is 7.43. The first-order chi connectivity index (χ1) is 10.3. The third-order valence-corrected chi connectivity index (χ3v) is 3.71. The van der Waals surface area contributed by atoms with E-state index in [9.17, 15) is 0 Å². The molecule has 0 radical (unpaired) electrons. The lowest BCUT2D eigenvalue weighted by Gasteiger charge is -2.04. The highest BCUT2D eigenvalue weighted by molar-refractivity contribution is 5.77. The summed E-state index contributed by atoms with van der Waals surface area (Å²) in [7, 11) is 0. The first-order valence-corrected chi connectivity index (χ1v) is 7.43. The van der Waals surface area contributed by atoms with E-state index < -0.39 is 0 Å². The third kappa shape index (κ3) is 2.82. The predicted molar refractivity (Wildman–Crippen MR) is 80.3 cm³/mol. The van der Waals surface area contributed by atoms with Gasteiger partial charge in [0.2, 0.25) is 6.79 Å². The molecule has 0 spiro atoms. The summed E-state index contributed by atoms with van der Waals surface area (Å²) in [5.74, 6) is 2.78. The SMILES string of the molecule is CCCCCCc1onc(N)c1-c1ccc2c(c1)OCO2. The second kappa shape index (κ2) is 6.08. The summed E-state index contributed by atoms with van der Waals surface area (Å²) in [5.41, 5.74) is 7.81. The van der Waals surface area contributed by atoms with Gasteiger partial charge in [0.1, 0.15) is 5.76 Å². The van der Waals surface area contributed by atoms with E-state index in [1.807, 2.05) is 18.2 Å². The molecule has 1 aromatic heterocycles.